The summed E-state index contributed by atoms with van der Waals surface area (Å²) in [6, 6.07) is 20.6. The second-order valence-electron chi connectivity index (χ2n) is 14.3. The topological polar surface area (TPSA) is 149 Å². The number of nitrogens with one attached hydrogen (secondary N) is 1. The lowest BCUT2D eigenvalue weighted by molar-refractivity contribution is -0.150. The number of fused-ring (bicyclic) bond motifs is 4. The highest BCUT2D eigenvalue weighted by Crippen LogP contribution is 2.33. The minimum absolute atomic E-state index is 0.0369. The molecule has 9 rings (SSSR count). The van der Waals surface area contributed by atoms with Gasteiger partial charge in [0, 0.05) is 90.4 Å². The molecule has 0 radical (unpaired) electrons. The summed E-state index contributed by atoms with van der Waals surface area (Å²) >= 11 is 0. The van der Waals surface area contributed by atoms with Crippen LogP contribution in [0.5, 0.6) is 17.4 Å². The number of rotatable bonds is 11. The lowest BCUT2D eigenvalue weighted by Gasteiger charge is -2.34. The minimum atomic E-state index is -0.636. The zero-order valence-corrected chi connectivity index (χ0v) is 31.1. The van der Waals surface area contributed by atoms with E-state index in [2.05, 4.69) is 50.0 Å². The van der Waals surface area contributed by atoms with Crippen molar-refractivity contribution in [2.24, 2.45) is 0 Å². The summed E-state index contributed by atoms with van der Waals surface area (Å²) in [7, 11) is 1.46. The molecule has 2 aliphatic heterocycles. The van der Waals surface area contributed by atoms with Gasteiger partial charge >= 0.3 is 0 Å². The van der Waals surface area contributed by atoms with Crippen LogP contribution in [0.3, 0.4) is 0 Å². The predicted octanol–water partition coefficient (Wildman–Crippen LogP) is 5.71. The molecule has 1 N–H and O–H groups in total. The highest BCUT2D eigenvalue weighted by atomic mass is 16.5. The zero-order chi connectivity index (χ0) is 38.9. The van der Waals surface area contributed by atoms with Gasteiger partial charge in [0.15, 0.2) is 0 Å². The Morgan fingerprint density at radius 3 is 2.53 bits per heavy atom. The molecule has 0 spiro atoms. The van der Waals surface area contributed by atoms with E-state index >= 15 is 0 Å². The quantitative estimate of drug-likeness (QED) is 0.0989. The molecule has 3 aliphatic rings. The van der Waals surface area contributed by atoms with E-state index in [0.29, 0.717) is 54.8 Å². The lowest BCUT2D eigenvalue weighted by Crippen LogP contribution is -2.53. The van der Waals surface area contributed by atoms with Gasteiger partial charge in [-0.1, -0.05) is 18.1 Å². The number of piperidine rings is 1. The van der Waals surface area contributed by atoms with E-state index in [1.165, 1.54) is 7.05 Å². The summed E-state index contributed by atoms with van der Waals surface area (Å²) in [4.78, 5) is 56.8. The van der Waals surface area contributed by atoms with Crippen molar-refractivity contribution >= 4 is 39.5 Å². The molecule has 1 atom stereocenters. The standard InChI is InChI=1S/C44H38N6O7/c1-49-42(51)13-11-40(44(49)53)50-26-29-19-31(8-10-35(29)43(50)52)55-18-17-54-16-2-3-30-6-7-32(24-46-30)56-33-21-34(22-33)57-41-12-5-28(23-47-41)27-4-9-36-37-25-45-15-14-38(37)48-39(36)20-27/h4-10,12,14-15,19-20,23-25,33-34,40,48H,11,13,16-18,21-22,26H2,1H3. The third kappa shape index (κ3) is 7.47. The van der Waals surface area contributed by atoms with E-state index in [4.69, 9.17) is 18.9 Å². The van der Waals surface area contributed by atoms with Gasteiger partial charge in [-0.05, 0) is 72.0 Å². The first kappa shape index (κ1) is 35.9. The fourth-order valence-electron chi connectivity index (χ4n) is 7.46. The number of aromatic amines is 1. The molecule has 1 unspecified atom stereocenters. The maximum atomic E-state index is 13.0. The van der Waals surface area contributed by atoms with Crippen molar-refractivity contribution < 1.29 is 33.3 Å². The molecule has 4 aromatic heterocycles. The molecule has 2 fully saturated rings. The van der Waals surface area contributed by atoms with Crippen molar-refractivity contribution in [2.45, 2.75) is 50.5 Å². The van der Waals surface area contributed by atoms with Gasteiger partial charge in [-0.25, -0.2) is 9.97 Å². The Labute approximate surface area is 327 Å². The largest absolute Gasteiger partial charge is 0.491 e. The number of aromatic nitrogens is 4. The van der Waals surface area contributed by atoms with E-state index in [1.54, 1.807) is 29.4 Å². The van der Waals surface area contributed by atoms with Gasteiger partial charge < -0.3 is 28.8 Å². The van der Waals surface area contributed by atoms with Crippen LogP contribution >= 0.6 is 0 Å². The average Bonchev–Trinajstić information content (AvgIpc) is 3.76. The smallest absolute Gasteiger partial charge is 0.255 e. The Bertz CT molecular complexity index is 2550. The maximum absolute atomic E-state index is 13.0. The fourth-order valence-corrected chi connectivity index (χ4v) is 7.46. The molecular weight excluding hydrogens is 725 g/mol. The van der Waals surface area contributed by atoms with Gasteiger partial charge in [0.25, 0.3) is 11.8 Å². The van der Waals surface area contributed by atoms with Crippen molar-refractivity contribution in [3.8, 4) is 40.3 Å². The first-order chi connectivity index (χ1) is 27.9. The average molecular weight is 763 g/mol. The number of hydrogen-bond acceptors (Lipinski definition) is 10. The lowest BCUT2D eigenvalue weighted by atomic mass is 9.92. The van der Waals surface area contributed by atoms with Gasteiger partial charge in [-0.15, -0.1) is 0 Å². The number of imide groups is 1. The molecule has 6 heterocycles. The summed E-state index contributed by atoms with van der Waals surface area (Å²) in [6.07, 6.45) is 9.36. The van der Waals surface area contributed by atoms with E-state index in [1.807, 2.05) is 48.8 Å². The molecule has 1 aliphatic carbocycles. The van der Waals surface area contributed by atoms with Crippen LogP contribution in [0, 0.1) is 11.8 Å². The van der Waals surface area contributed by atoms with Gasteiger partial charge in [0.1, 0.15) is 48.7 Å². The van der Waals surface area contributed by atoms with Crippen LogP contribution in [-0.4, -0.2) is 92.6 Å². The molecule has 1 saturated carbocycles. The molecule has 2 aromatic carbocycles. The van der Waals surface area contributed by atoms with Crippen LogP contribution in [0.25, 0.3) is 32.9 Å². The Kier molecular flexibility index (Phi) is 9.69. The molecule has 13 heteroatoms. The van der Waals surface area contributed by atoms with Gasteiger partial charge in [-0.2, -0.15) is 0 Å². The minimum Gasteiger partial charge on any atom is -0.491 e. The number of nitrogens with zero attached hydrogens (tertiary/aromatic N) is 5. The van der Waals surface area contributed by atoms with Crippen molar-refractivity contribution in [3.63, 3.8) is 0 Å². The molecular formula is C44H38N6O7. The number of benzene rings is 2. The number of pyridine rings is 3. The Morgan fingerprint density at radius 1 is 0.825 bits per heavy atom. The monoisotopic (exact) mass is 762 g/mol. The SMILES string of the molecule is CN1C(=O)CCC(N2Cc3cc(OCCOCC#Cc4ccc(OC5CC(Oc6ccc(-c7ccc8c(c7)[nH]c7ccncc78)cn6)C5)cn4)ccc3C2=O)C1=O. The first-order valence-corrected chi connectivity index (χ1v) is 18.9. The normalized spacial score (nSPS) is 19.0. The first-order valence-electron chi connectivity index (χ1n) is 18.9. The summed E-state index contributed by atoms with van der Waals surface area (Å²) in [5.74, 6) is 7.07. The second-order valence-corrected chi connectivity index (χ2v) is 14.3. The van der Waals surface area contributed by atoms with E-state index in [9.17, 15) is 14.4 Å². The molecule has 1 saturated heterocycles. The molecule has 13 nitrogen and oxygen atoms in total. The summed E-state index contributed by atoms with van der Waals surface area (Å²) in [5, 5.41) is 2.26. The molecule has 0 bridgehead atoms. The van der Waals surface area contributed by atoms with Crippen LogP contribution in [0.4, 0.5) is 0 Å². The number of H-pyrrole nitrogens is 1. The summed E-state index contributed by atoms with van der Waals surface area (Å²) < 4.78 is 23.6. The second kappa shape index (κ2) is 15.4. The van der Waals surface area contributed by atoms with Crippen LogP contribution in [0.2, 0.25) is 0 Å². The van der Waals surface area contributed by atoms with Gasteiger partial charge in [-0.3, -0.25) is 24.3 Å². The Morgan fingerprint density at radius 2 is 1.68 bits per heavy atom. The van der Waals surface area contributed by atoms with Gasteiger partial charge in [0.05, 0.1) is 12.8 Å². The zero-order valence-electron chi connectivity index (χ0n) is 31.1. The summed E-state index contributed by atoms with van der Waals surface area (Å²) in [5.41, 5.74) is 6.17. The third-order valence-corrected chi connectivity index (χ3v) is 10.6. The highest BCUT2D eigenvalue weighted by molar-refractivity contribution is 6.08. The van der Waals surface area contributed by atoms with E-state index in [-0.39, 0.29) is 43.0 Å². The predicted molar refractivity (Wildman–Crippen MR) is 209 cm³/mol. The van der Waals surface area contributed by atoms with Crippen LogP contribution in [-0.2, 0) is 20.9 Å². The van der Waals surface area contributed by atoms with E-state index < -0.39 is 6.04 Å². The maximum Gasteiger partial charge on any atom is 0.255 e. The molecule has 3 amide bonds. The van der Waals surface area contributed by atoms with Crippen molar-refractivity contribution in [1.29, 1.82) is 0 Å². The Hall–Kier alpha value is -6.78. The number of hydrogen-bond donors (Lipinski definition) is 1. The van der Waals surface area contributed by atoms with Crippen molar-refractivity contribution in [2.75, 3.05) is 26.9 Å². The van der Waals surface area contributed by atoms with Crippen molar-refractivity contribution in [1.82, 2.24) is 29.7 Å². The Balaban J connectivity index is 0.673. The number of carbonyl (C=O) groups excluding carboxylic acids is 3. The number of likely N-dealkylation sites (N-methyl/N-ethyl adjacent to an activating group) is 1. The number of amides is 3. The van der Waals surface area contributed by atoms with Crippen molar-refractivity contribution in [3.05, 3.63) is 108 Å². The van der Waals surface area contributed by atoms with Crippen LogP contribution in [0.15, 0.2) is 91.5 Å². The van der Waals surface area contributed by atoms with Crippen LogP contribution < -0.4 is 14.2 Å². The fraction of sp³-hybridized carbons (Fsp3) is 0.273. The molecule has 6 aromatic rings. The number of likely N-dealkylation sites (tertiary alicyclic amines) is 1. The van der Waals surface area contributed by atoms with Gasteiger partial charge in [0.2, 0.25) is 11.8 Å². The summed E-state index contributed by atoms with van der Waals surface area (Å²) in [6.45, 7) is 1.13. The third-order valence-electron chi connectivity index (χ3n) is 10.6. The molecule has 57 heavy (non-hydrogen) atoms. The van der Waals surface area contributed by atoms with E-state index in [0.717, 1.165) is 56.2 Å². The molecule has 286 valence electrons. The number of carbonyl (C=O) groups is 3. The van der Waals surface area contributed by atoms with Crippen LogP contribution in [0.1, 0.15) is 47.3 Å². The number of ether oxygens (including phenoxy) is 4. The highest BCUT2D eigenvalue weighted by Gasteiger charge is 2.41.